The molecule has 2 rings (SSSR count). The zero-order chi connectivity index (χ0) is 14.6. The van der Waals surface area contributed by atoms with Gasteiger partial charge in [0.1, 0.15) is 0 Å². The summed E-state index contributed by atoms with van der Waals surface area (Å²) in [5.41, 5.74) is 0.968. The number of benzene rings is 1. The van der Waals surface area contributed by atoms with Crippen molar-refractivity contribution in [3.05, 3.63) is 48.4 Å². The van der Waals surface area contributed by atoms with Crippen LogP contribution in [0.1, 0.15) is 25.8 Å². The second-order valence-corrected chi connectivity index (χ2v) is 6.57. The monoisotopic (exact) mass is 293 g/mol. The molecule has 0 bridgehead atoms. The molecule has 5 nitrogen and oxygen atoms in total. The number of nitrogens with zero attached hydrogens (tertiary/aromatic N) is 2. The molecule has 1 heterocycles. The van der Waals surface area contributed by atoms with Crippen molar-refractivity contribution in [2.24, 2.45) is 0 Å². The number of hydrogen-bond acceptors (Lipinski definition) is 3. The molecular weight excluding hydrogens is 274 g/mol. The highest BCUT2D eigenvalue weighted by molar-refractivity contribution is 7.89. The molecule has 0 spiro atoms. The normalized spacial score (nSPS) is 13.6. The maximum absolute atomic E-state index is 12.7. The van der Waals surface area contributed by atoms with Gasteiger partial charge in [-0.15, -0.1) is 0 Å². The van der Waals surface area contributed by atoms with Crippen molar-refractivity contribution >= 4 is 10.0 Å². The Morgan fingerprint density at radius 1 is 1.30 bits per heavy atom. The molecule has 0 amide bonds. The smallest absolute Gasteiger partial charge is 0.260 e. The molecule has 20 heavy (non-hydrogen) atoms. The van der Waals surface area contributed by atoms with Gasteiger partial charge in [-0.3, -0.25) is 0 Å². The van der Waals surface area contributed by atoms with Crippen LogP contribution >= 0.6 is 0 Å². The molecule has 0 saturated heterocycles. The van der Waals surface area contributed by atoms with E-state index in [1.807, 2.05) is 44.2 Å². The highest BCUT2D eigenvalue weighted by atomic mass is 32.2. The lowest BCUT2D eigenvalue weighted by atomic mass is 10.2. The van der Waals surface area contributed by atoms with E-state index in [2.05, 4.69) is 9.97 Å². The Morgan fingerprint density at radius 3 is 2.55 bits per heavy atom. The largest absolute Gasteiger partial charge is 0.335 e. The molecule has 0 radical (unpaired) electrons. The molecule has 1 N–H and O–H groups in total. The zero-order valence-electron chi connectivity index (χ0n) is 11.7. The SMILES string of the molecule is CCC(C)N(Cc1ccccc1)S(=O)(=O)c1cnc[nH]1. The van der Waals surface area contributed by atoms with Crippen LogP contribution < -0.4 is 0 Å². The second kappa shape index (κ2) is 6.19. The molecule has 0 saturated carbocycles. The van der Waals surface area contributed by atoms with E-state index in [0.717, 1.165) is 12.0 Å². The molecular formula is C14H19N3O2S. The van der Waals surface area contributed by atoms with E-state index in [9.17, 15) is 8.42 Å². The zero-order valence-corrected chi connectivity index (χ0v) is 12.5. The lowest BCUT2D eigenvalue weighted by Crippen LogP contribution is -2.37. The molecule has 0 aliphatic rings. The average molecular weight is 293 g/mol. The Labute approximate surface area is 119 Å². The van der Waals surface area contributed by atoms with Crippen LogP contribution in [0, 0.1) is 0 Å². The van der Waals surface area contributed by atoms with E-state index < -0.39 is 10.0 Å². The standard InChI is InChI=1S/C14H19N3O2S/c1-3-12(2)17(10-13-7-5-4-6-8-13)20(18,19)14-9-15-11-16-14/h4-9,11-12H,3,10H2,1-2H3,(H,15,16). The first-order chi connectivity index (χ1) is 9.55. The van der Waals surface area contributed by atoms with Crippen LogP contribution in [0.5, 0.6) is 0 Å². The maximum Gasteiger partial charge on any atom is 0.260 e. The molecule has 6 heteroatoms. The van der Waals surface area contributed by atoms with Crippen molar-refractivity contribution in [3.8, 4) is 0 Å². The quantitative estimate of drug-likeness (QED) is 0.889. The van der Waals surface area contributed by atoms with Gasteiger partial charge in [-0.1, -0.05) is 37.3 Å². The van der Waals surface area contributed by atoms with E-state index in [0.29, 0.717) is 6.54 Å². The Hall–Kier alpha value is -1.66. The van der Waals surface area contributed by atoms with Gasteiger partial charge in [0, 0.05) is 12.6 Å². The molecule has 1 unspecified atom stereocenters. The summed E-state index contributed by atoms with van der Waals surface area (Å²) in [6, 6.07) is 9.51. The molecule has 108 valence electrons. The number of H-pyrrole nitrogens is 1. The van der Waals surface area contributed by atoms with Gasteiger partial charge in [-0.05, 0) is 18.9 Å². The lowest BCUT2D eigenvalue weighted by Gasteiger charge is -2.27. The molecule has 0 aliphatic carbocycles. The highest BCUT2D eigenvalue weighted by Crippen LogP contribution is 2.20. The minimum absolute atomic E-state index is 0.0801. The first kappa shape index (κ1) is 14.7. The summed E-state index contributed by atoms with van der Waals surface area (Å²) in [4.78, 5) is 6.48. The van der Waals surface area contributed by atoms with Gasteiger partial charge >= 0.3 is 0 Å². The predicted octanol–water partition coefficient (Wildman–Crippen LogP) is 2.40. The van der Waals surface area contributed by atoms with Crippen LogP contribution in [-0.4, -0.2) is 28.7 Å². The van der Waals surface area contributed by atoms with E-state index >= 15 is 0 Å². The van der Waals surface area contributed by atoms with Gasteiger partial charge in [-0.25, -0.2) is 13.4 Å². The van der Waals surface area contributed by atoms with Crippen molar-refractivity contribution in [2.75, 3.05) is 0 Å². The van der Waals surface area contributed by atoms with Crippen molar-refractivity contribution in [1.29, 1.82) is 0 Å². The Kier molecular flexibility index (Phi) is 4.57. The van der Waals surface area contributed by atoms with E-state index in [-0.39, 0.29) is 11.1 Å². The lowest BCUT2D eigenvalue weighted by molar-refractivity contribution is 0.322. The number of imidazole rings is 1. The minimum atomic E-state index is -3.55. The second-order valence-electron chi connectivity index (χ2n) is 4.71. The topological polar surface area (TPSA) is 66.1 Å². The highest BCUT2D eigenvalue weighted by Gasteiger charge is 2.29. The minimum Gasteiger partial charge on any atom is -0.335 e. The van der Waals surface area contributed by atoms with E-state index in [1.165, 1.54) is 16.8 Å². The first-order valence-corrected chi connectivity index (χ1v) is 8.04. The molecule has 1 aromatic carbocycles. The van der Waals surface area contributed by atoms with Crippen LogP contribution in [0.15, 0.2) is 47.9 Å². The fraction of sp³-hybridized carbons (Fsp3) is 0.357. The van der Waals surface area contributed by atoms with Gasteiger partial charge in [0.2, 0.25) is 0 Å². The summed E-state index contributed by atoms with van der Waals surface area (Å²) in [5.74, 6) is 0. The summed E-state index contributed by atoms with van der Waals surface area (Å²) < 4.78 is 26.8. The van der Waals surface area contributed by atoms with E-state index in [1.54, 1.807) is 0 Å². The average Bonchev–Trinajstić information content (AvgIpc) is 3.00. The van der Waals surface area contributed by atoms with Crippen molar-refractivity contribution in [2.45, 2.75) is 37.9 Å². The molecule has 0 fully saturated rings. The maximum atomic E-state index is 12.7. The number of sulfonamides is 1. The molecule has 1 aromatic heterocycles. The third kappa shape index (κ3) is 3.08. The summed E-state index contributed by atoms with van der Waals surface area (Å²) in [6.45, 7) is 4.25. The number of aromatic nitrogens is 2. The number of hydrogen-bond donors (Lipinski definition) is 1. The van der Waals surface area contributed by atoms with Crippen molar-refractivity contribution in [3.63, 3.8) is 0 Å². The molecule has 0 aliphatic heterocycles. The van der Waals surface area contributed by atoms with Crippen molar-refractivity contribution in [1.82, 2.24) is 14.3 Å². The van der Waals surface area contributed by atoms with Gasteiger partial charge in [0.25, 0.3) is 10.0 Å². The molecule has 2 aromatic rings. The van der Waals surface area contributed by atoms with E-state index in [4.69, 9.17) is 0 Å². The summed E-state index contributed by atoms with van der Waals surface area (Å²) >= 11 is 0. The summed E-state index contributed by atoms with van der Waals surface area (Å²) in [5, 5.41) is 0.133. The van der Waals surface area contributed by atoms with Gasteiger partial charge in [0.05, 0.1) is 12.5 Å². The van der Waals surface area contributed by atoms with Crippen LogP contribution in [0.4, 0.5) is 0 Å². The van der Waals surface area contributed by atoms with Gasteiger partial charge in [0.15, 0.2) is 5.03 Å². The fourth-order valence-corrected chi connectivity index (χ4v) is 3.55. The van der Waals surface area contributed by atoms with Crippen LogP contribution in [-0.2, 0) is 16.6 Å². The van der Waals surface area contributed by atoms with Crippen LogP contribution in [0.2, 0.25) is 0 Å². The number of nitrogens with one attached hydrogen (secondary N) is 1. The van der Waals surface area contributed by atoms with Gasteiger partial charge < -0.3 is 4.98 Å². The summed E-state index contributed by atoms with van der Waals surface area (Å²) in [6.07, 6.45) is 3.47. The Bertz CT molecular complexity index is 624. The third-order valence-corrected chi connectivity index (χ3v) is 5.21. The fourth-order valence-electron chi connectivity index (χ4n) is 1.96. The predicted molar refractivity (Wildman–Crippen MR) is 77.5 cm³/mol. The van der Waals surface area contributed by atoms with Crippen molar-refractivity contribution < 1.29 is 8.42 Å². The Morgan fingerprint density at radius 2 is 2.00 bits per heavy atom. The van der Waals surface area contributed by atoms with Gasteiger partial charge in [-0.2, -0.15) is 4.31 Å². The summed E-state index contributed by atoms with van der Waals surface area (Å²) in [7, 11) is -3.55. The Balaban J connectivity index is 2.34. The first-order valence-electron chi connectivity index (χ1n) is 6.60. The molecule has 1 atom stereocenters. The number of aromatic amines is 1. The van der Waals surface area contributed by atoms with Crippen LogP contribution in [0.25, 0.3) is 0 Å². The van der Waals surface area contributed by atoms with Crippen LogP contribution in [0.3, 0.4) is 0 Å². The number of rotatable bonds is 6. The third-order valence-electron chi connectivity index (χ3n) is 3.32.